The number of nitrogens with zero attached hydrogens (tertiary/aromatic N) is 3. The van der Waals surface area contributed by atoms with Crippen LogP contribution in [0.2, 0.25) is 5.15 Å². The van der Waals surface area contributed by atoms with Crippen LogP contribution in [0.25, 0.3) is 11.3 Å². The Morgan fingerprint density at radius 3 is 2.53 bits per heavy atom. The second kappa shape index (κ2) is 9.74. The molecule has 0 saturated carbocycles. The van der Waals surface area contributed by atoms with Crippen molar-refractivity contribution in [2.45, 2.75) is 27.3 Å². The molecule has 2 aromatic carbocycles. The fourth-order valence-corrected chi connectivity index (χ4v) is 4.43. The molecule has 2 heterocycles. The van der Waals surface area contributed by atoms with Crippen molar-refractivity contribution in [1.29, 1.82) is 0 Å². The van der Waals surface area contributed by atoms with Crippen molar-refractivity contribution in [3.63, 3.8) is 0 Å². The number of carbonyl (C=O) groups excluding carboxylic acids is 2. The third kappa shape index (κ3) is 5.16. The molecule has 34 heavy (non-hydrogen) atoms. The summed E-state index contributed by atoms with van der Waals surface area (Å²) in [6.45, 7) is 5.51. The quantitative estimate of drug-likeness (QED) is 0.359. The molecule has 7 nitrogen and oxygen atoms in total. The van der Waals surface area contributed by atoms with E-state index in [1.807, 2.05) is 31.2 Å². The van der Waals surface area contributed by atoms with Crippen molar-refractivity contribution in [2.24, 2.45) is 0 Å². The molecule has 4 rings (SSSR count). The van der Waals surface area contributed by atoms with E-state index >= 15 is 0 Å². The number of nitrogens with one attached hydrogen (secondary N) is 2. The molecule has 0 saturated heterocycles. The van der Waals surface area contributed by atoms with Crippen LogP contribution in [0.15, 0.2) is 47.8 Å². The number of aryl methyl sites for hydroxylation is 2. The highest BCUT2D eigenvalue weighted by molar-refractivity contribution is 7.14. The standard InChI is InChI=1S/C24H21ClFN5O2S/c1-13-4-6-16(7-5-13)11-31-22(25)21(14(2)30-31)23(33)29-24-28-20(12-34-24)18-9-8-17(10-19(18)26)27-15(3)32/h4-10,12H,11H2,1-3H3,(H,27,32)(H,28,29,33). The van der Waals surface area contributed by atoms with Crippen LogP contribution in [0.3, 0.4) is 0 Å². The Labute approximate surface area is 204 Å². The fourth-order valence-electron chi connectivity index (χ4n) is 3.40. The number of halogens is 2. The number of aromatic nitrogens is 3. The molecule has 0 aliphatic carbocycles. The van der Waals surface area contributed by atoms with Crippen LogP contribution in [0.1, 0.15) is 34.1 Å². The monoisotopic (exact) mass is 497 g/mol. The summed E-state index contributed by atoms with van der Waals surface area (Å²) < 4.78 is 16.1. The van der Waals surface area contributed by atoms with Crippen LogP contribution in [0, 0.1) is 19.7 Å². The minimum Gasteiger partial charge on any atom is -0.326 e. The summed E-state index contributed by atoms with van der Waals surface area (Å²) in [6.07, 6.45) is 0. The van der Waals surface area contributed by atoms with E-state index < -0.39 is 11.7 Å². The average Bonchev–Trinajstić information content (AvgIpc) is 3.33. The highest BCUT2D eigenvalue weighted by Gasteiger charge is 2.22. The van der Waals surface area contributed by atoms with Crippen molar-refractivity contribution < 1.29 is 14.0 Å². The predicted molar refractivity (Wildman–Crippen MR) is 132 cm³/mol. The first-order valence-electron chi connectivity index (χ1n) is 10.3. The molecular formula is C24H21ClFN5O2S. The summed E-state index contributed by atoms with van der Waals surface area (Å²) in [5.74, 6) is -1.27. The van der Waals surface area contributed by atoms with Crippen LogP contribution in [-0.4, -0.2) is 26.6 Å². The molecule has 0 bridgehead atoms. The molecule has 10 heteroatoms. The second-order valence-corrected chi connectivity index (χ2v) is 8.98. The van der Waals surface area contributed by atoms with E-state index in [-0.39, 0.29) is 22.2 Å². The zero-order valence-electron chi connectivity index (χ0n) is 18.6. The van der Waals surface area contributed by atoms with Gasteiger partial charge in [-0.15, -0.1) is 11.3 Å². The van der Waals surface area contributed by atoms with E-state index in [9.17, 15) is 14.0 Å². The number of rotatable bonds is 6. The van der Waals surface area contributed by atoms with Gasteiger partial charge < -0.3 is 5.32 Å². The molecule has 0 spiro atoms. The summed E-state index contributed by atoms with van der Waals surface area (Å²) in [7, 11) is 0. The number of hydrogen-bond acceptors (Lipinski definition) is 5. The van der Waals surface area contributed by atoms with Gasteiger partial charge in [0.25, 0.3) is 5.91 Å². The molecule has 0 aliphatic rings. The maximum Gasteiger partial charge on any atom is 0.262 e. The lowest BCUT2D eigenvalue weighted by molar-refractivity contribution is -0.114. The summed E-state index contributed by atoms with van der Waals surface area (Å²) in [5, 5.41) is 11.8. The number of anilines is 2. The molecule has 2 aromatic heterocycles. The second-order valence-electron chi connectivity index (χ2n) is 7.76. The SMILES string of the molecule is CC(=O)Nc1ccc(-c2csc(NC(=O)c3c(C)nn(Cc4ccc(C)cc4)c3Cl)n2)c(F)c1. The Morgan fingerprint density at radius 1 is 1.12 bits per heavy atom. The van der Waals surface area contributed by atoms with Crippen molar-refractivity contribution in [1.82, 2.24) is 14.8 Å². The van der Waals surface area contributed by atoms with Gasteiger partial charge in [0, 0.05) is 23.6 Å². The van der Waals surface area contributed by atoms with Gasteiger partial charge in [-0.25, -0.2) is 14.1 Å². The Balaban J connectivity index is 1.50. The molecular weight excluding hydrogens is 477 g/mol. The van der Waals surface area contributed by atoms with Gasteiger partial charge in [-0.3, -0.25) is 14.9 Å². The minimum absolute atomic E-state index is 0.229. The molecule has 0 atom stereocenters. The van der Waals surface area contributed by atoms with Crippen LogP contribution < -0.4 is 10.6 Å². The topological polar surface area (TPSA) is 88.9 Å². The third-order valence-corrected chi connectivity index (χ3v) is 6.18. The van der Waals surface area contributed by atoms with Crippen molar-refractivity contribution in [2.75, 3.05) is 10.6 Å². The molecule has 174 valence electrons. The Morgan fingerprint density at radius 2 is 1.85 bits per heavy atom. The smallest absolute Gasteiger partial charge is 0.262 e. The Bertz CT molecular complexity index is 1380. The number of hydrogen-bond donors (Lipinski definition) is 2. The van der Waals surface area contributed by atoms with E-state index in [1.165, 1.54) is 19.1 Å². The molecule has 0 unspecified atom stereocenters. The van der Waals surface area contributed by atoms with Gasteiger partial charge >= 0.3 is 0 Å². The van der Waals surface area contributed by atoms with Crippen LogP contribution >= 0.6 is 22.9 Å². The van der Waals surface area contributed by atoms with Gasteiger partial charge in [0.15, 0.2) is 5.13 Å². The van der Waals surface area contributed by atoms with Gasteiger partial charge in [-0.05, 0) is 37.6 Å². The van der Waals surface area contributed by atoms with E-state index in [0.717, 1.165) is 22.5 Å². The van der Waals surface area contributed by atoms with E-state index in [2.05, 4.69) is 20.7 Å². The minimum atomic E-state index is -0.536. The first-order valence-corrected chi connectivity index (χ1v) is 11.6. The molecule has 2 amide bonds. The highest BCUT2D eigenvalue weighted by atomic mass is 35.5. The number of thiazole rings is 1. The van der Waals surface area contributed by atoms with Crippen molar-refractivity contribution >= 4 is 45.6 Å². The van der Waals surface area contributed by atoms with Crippen LogP contribution in [0.4, 0.5) is 15.2 Å². The summed E-state index contributed by atoms with van der Waals surface area (Å²) in [5.41, 5.74) is 3.89. The first-order chi connectivity index (χ1) is 16.2. The lowest BCUT2D eigenvalue weighted by atomic mass is 10.1. The molecule has 2 N–H and O–H groups in total. The summed E-state index contributed by atoms with van der Waals surface area (Å²) >= 11 is 7.65. The molecule has 0 fully saturated rings. The zero-order chi connectivity index (χ0) is 24.4. The van der Waals surface area contributed by atoms with Crippen molar-refractivity contribution in [3.05, 3.63) is 81.2 Å². The number of carbonyl (C=O) groups is 2. The third-order valence-electron chi connectivity index (χ3n) is 5.04. The molecule has 0 radical (unpaired) electrons. The average molecular weight is 498 g/mol. The molecule has 0 aliphatic heterocycles. The van der Waals surface area contributed by atoms with Gasteiger partial charge in [0.05, 0.1) is 23.5 Å². The zero-order valence-corrected chi connectivity index (χ0v) is 20.2. The van der Waals surface area contributed by atoms with Crippen LogP contribution in [-0.2, 0) is 11.3 Å². The maximum atomic E-state index is 14.5. The normalized spacial score (nSPS) is 10.9. The van der Waals surface area contributed by atoms with Crippen molar-refractivity contribution in [3.8, 4) is 11.3 Å². The largest absolute Gasteiger partial charge is 0.326 e. The van der Waals surface area contributed by atoms with Crippen LogP contribution in [0.5, 0.6) is 0 Å². The van der Waals surface area contributed by atoms with E-state index in [1.54, 1.807) is 23.1 Å². The van der Waals surface area contributed by atoms with Gasteiger partial charge in [0.1, 0.15) is 11.0 Å². The van der Waals surface area contributed by atoms with E-state index in [4.69, 9.17) is 11.6 Å². The summed E-state index contributed by atoms with van der Waals surface area (Å²) in [4.78, 5) is 28.4. The Kier molecular flexibility index (Phi) is 6.76. The number of amides is 2. The van der Waals surface area contributed by atoms with Gasteiger partial charge in [-0.1, -0.05) is 41.4 Å². The number of benzene rings is 2. The fraction of sp³-hybridized carbons (Fsp3) is 0.167. The van der Waals surface area contributed by atoms with Gasteiger partial charge in [-0.2, -0.15) is 5.10 Å². The lowest BCUT2D eigenvalue weighted by Gasteiger charge is -2.05. The van der Waals surface area contributed by atoms with E-state index in [0.29, 0.717) is 28.8 Å². The Hall–Kier alpha value is -3.56. The predicted octanol–water partition coefficient (Wildman–Crippen LogP) is 5.67. The highest BCUT2D eigenvalue weighted by Crippen LogP contribution is 2.30. The first kappa shape index (κ1) is 23.6. The summed E-state index contributed by atoms with van der Waals surface area (Å²) in [6, 6.07) is 12.3. The molecule has 4 aromatic rings. The van der Waals surface area contributed by atoms with Gasteiger partial charge in [0.2, 0.25) is 5.91 Å². The maximum absolute atomic E-state index is 14.5. The lowest BCUT2D eigenvalue weighted by Crippen LogP contribution is -2.13.